The SMILES string of the molecule is CCCCS(=O)(=O)CC[C@H](N)P(=O)(O)O. The minimum atomic E-state index is -4.36. The van der Waals surface area contributed by atoms with Crippen molar-refractivity contribution in [1.82, 2.24) is 0 Å². The van der Waals surface area contributed by atoms with Crippen molar-refractivity contribution in [3.63, 3.8) is 0 Å². The zero-order chi connectivity index (χ0) is 12.1. The van der Waals surface area contributed by atoms with Crippen LogP contribution in [0.1, 0.15) is 26.2 Å². The molecule has 0 rings (SSSR count). The molecule has 0 saturated heterocycles. The predicted molar refractivity (Wildman–Crippen MR) is 58.2 cm³/mol. The average Bonchev–Trinajstić information content (AvgIpc) is 2.09. The Labute approximate surface area is 89.9 Å². The first kappa shape index (κ1) is 15.1. The van der Waals surface area contributed by atoms with Gasteiger partial charge >= 0.3 is 7.60 Å². The Morgan fingerprint density at radius 1 is 1.33 bits per heavy atom. The van der Waals surface area contributed by atoms with Gasteiger partial charge in [0.15, 0.2) is 0 Å². The Balaban J connectivity index is 4.10. The van der Waals surface area contributed by atoms with Crippen molar-refractivity contribution < 1.29 is 22.8 Å². The number of hydrogen-bond acceptors (Lipinski definition) is 4. The second kappa shape index (κ2) is 5.96. The van der Waals surface area contributed by atoms with Crippen LogP contribution in [0.4, 0.5) is 0 Å². The van der Waals surface area contributed by atoms with Gasteiger partial charge in [-0.15, -0.1) is 0 Å². The minimum Gasteiger partial charge on any atom is -0.323 e. The molecule has 0 aliphatic rings. The van der Waals surface area contributed by atoms with Crippen LogP contribution in [-0.4, -0.2) is 35.5 Å². The highest BCUT2D eigenvalue weighted by atomic mass is 32.2. The molecule has 0 saturated carbocycles. The molecule has 0 spiro atoms. The summed E-state index contributed by atoms with van der Waals surface area (Å²) >= 11 is 0. The van der Waals surface area contributed by atoms with Crippen molar-refractivity contribution in [2.75, 3.05) is 11.5 Å². The first-order chi connectivity index (χ1) is 6.69. The summed E-state index contributed by atoms with van der Waals surface area (Å²) in [6, 6.07) is 0. The minimum absolute atomic E-state index is 0.0530. The van der Waals surface area contributed by atoms with Crippen LogP contribution in [0, 0.1) is 0 Å². The van der Waals surface area contributed by atoms with Crippen LogP contribution in [0.5, 0.6) is 0 Å². The van der Waals surface area contributed by atoms with E-state index >= 15 is 0 Å². The highest BCUT2D eigenvalue weighted by molar-refractivity contribution is 7.91. The average molecular weight is 259 g/mol. The topological polar surface area (TPSA) is 118 Å². The maximum Gasteiger partial charge on any atom is 0.342 e. The Morgan fingerprint density at radius 2 is 1.87 bits per heavy atom. The van der Waals surface area contributed by atoms with E-state index in [1.807, 2.05) is 6.92 Å². The molecule has 0 aromatic carbocycles. The van der Waals surface area contributed by atoms with Crippen molar-refractivity contribution in [3.05, 3.63) is 0 Å². The first-order valence-corrected chi connectivity index (χ1v) is 8.20. The second-order valence-electron chi connectivity index (χ2n) is 3.45. The summed E-state index contributed by atoms with van der Waals surface area (Å²) in [5, 5.41) is 0. The Hall–Kier alpha value is 0.0600. The van der Waals surface area contributed by atoms with E-state index in [0.717, 1.165) is 6.42 Å². The van der Waals surface area contributed by atoms with Crippen LogP contribution >= 0.6 is 7.60 Å². The molecular weight excluding hydrogens is 241 g/mol. The van der Waals surface area contributed by atoms with E-state index in [0.29, 0.717) is 6.42 Å². The lowest BCUT2D eigenvalue weighted by Gasteiger charge is -2.12. The lowest BCUT2D eigenvalue weighted by molar-refractivity contribution is 0.357. The molecule has 92 valence electrons. The summed E-state index contributed by atoms with van der Waals surface area (Å²) in [6.45, 7) is 1.87. The van der Waals surface area contributed by atoms with Gasteiger partial charge in [0.25, 0.3) is 0 Å². The van der Waals surface area contributed by atoms with E-state index in [1.54, 1.807) is 0 Å². The van der Waals surface area contributed by atoms with Crippen molar-refractivity contribution in [1.29, 1.82) is 0 Å². The molecule has 0 aromatic rings. The molecule has 0 radical (unpaired) electrons. The summed E-state index contributed by atoms with van der Waals surface area (Å²) in [5.74, 6) is -1.59. The molecule has 15 heavy (non-hydrogen) atoms. The number of nitrogens with two attached hydrogens (primary N) is 1. The van der Waals surface area contributed by atoms with Crippen molar-refractivity contribution in [3.8, 4) is 0 Å². The van der Waals surface area contributed by atoms with Crippen LogP contribution in [0.15, 0.2) is 0 Å². The van der Waals surface area contributed by atoms with E-state index in [1.165, 1.54) is 0 Å². The number of unbranched alkanes of at least 4 members (excludes halogenated alkanes) is 1. The summed E-state index contributed by atoms with van der Waals surface area (Å²) in [4.78, 5) is 17.3. The maximum absolute atomic E-state index is 11.3. The number of rotatable bonds is 7. The molecule has 0 amide bonds. The molecule has 0 aliphatic heterocycles. The Bertz CT molecular complexity index is 322. The molecule has 1 atom stereocenters. The fourth-order valence-electron chi connectivity index (χ4n) is 0.935. The summed E-state index contributed by atoms with van der Waals surface area (Å²) in [5.41, 5.74) is 5.16. The number of hydrogen-bond donors (Lipinski definition) is 3. The Kier molecular flexibility index (Phi) is 5.98. The third kappa shape index (κ3) is 7.03. The zero-order valence-electron chi connectivity index (χ0n) is 8.66. The van der Waals surface area contributed by atoms with Crippen molar-refractivity contribution in [2.24, 2.45) is 5.73 Å². The molecule has 8 heteroatoms. The highest BCUT2D eigenvalue weighted by Crippen LogP contribution is 2.39. The fourth-order valence-corrected chi connectivity index (χ4v) is 3.12. The largest absolute Gasteiger partial charge is 0.342 e. The lowest BCUT2D eigenvalue weighted by atomic mass is 10.4. The van der Waals surface area contributed by atoms with Gasteiger partial charge in [0, 0.05) is 0 Å². The smallest absolute Gasteiger partial charge is 0.323 e. The van der Waals surface area contributed by atoms with E-state index in [-0.39, 0.29) is 17.9 Å². The van der Waals surface area contributed by atoms with Crippen molar-refractivity contribution >= 4 is 17.4 Å². The van der Waals surface area contributed by atoms with Gasteiger partial charge in [-0.3, -0.25) is 4.57 Å². The van der Waals surface area contributed by atoms with Crippen LogP contribution in [0.25, 0.3) is 0 Å². The van der Waals surface area contributed by atoms with E-state index < -0.39 is 23.2 Å². The standard InChI is InChI=1S/C7H18NO5PS/c1-2-3-5-15(12,13)6-4-7(8)14(9,10)11/h7H,2-6,8H2,1H3,(H2,9,10,11)/t7-/m1/s1. The van der Waals surface area contributed by atoms with E-state index in [2.05, 4.69) is 0 Å². The highest BCUT2D eigenvalue weighted by Gasteiger charge is 2.26. The zero-order valence-corrected chi connectivity index (χ0v) is 10.4. The molecule has 4 N–H and O–H groups in total. The van der Waals surface area contributed by atoms with Crippen LogP contribution < -0.4 is 5.73 Å². The van der Waals surface area contributed by atoms with Crippen molar-refractivity contribution in [2.45, 2.75) is 32.0 Å². The molecule has 0 aliphatic carbocycles. The fraction of sp³-hybridized carbons (Fsp3) is 1.00. The van der Waals surface area contributed by atoms with Gasteiger partial charge in [0.2, 0.25) is 0 Å². The molecule has 0 unspecified atom stereocenters. The van der Waals surface area contributed by atoms with Crippen LogP contribution in [0.2, 0.25) is 0 Å². The first-order valence-electron chi connectivity index (χ1n) is 4.70. The molecule has 6 nitrogen and oxygen atoms in total. The molecule has 0 fully saturated rings. The van der Waals surface area contributed by atoms with E-state index in [9.17, 15) is 13.0 Å². The van der Waals surface area contributed by atoms with Gasteiger partial charge in [-0.25, -0.2) is 8.42 Å². The van der Waals surface area contributed by atoms with Gasteiger partial charge < -0.3 is 15.5 Å². The molecular formula is C7H18NO5PS. The van der Waals surface area contributed by atoms with Crippen LogP contribution in [0.3, 0.4) is 0 Å². The summed E-state index contributed by atoms with van der Waals surface area (Å²) in [6.07, 6.45) is 1.13. The normalized spacial score (nSPS) is 15.2. The van der Waals surface area contributed by atoms with Gasteiger partial charge in [0.05, 0.1) is 11.5 Å². The number of sulfone groups is 1. The summed E-state index contributed by atoms with van der Waals surface area (Å²) in [7, 11) is -7.58. The van der Waals surface area contributed by atoms with Gasteiger partial charge in [-0.1, -0.05) is 13.3 Å². The quantitative estimate of drug-likeness (QED) is 0.556. The van der Waals surface area contributed by atoms with Crippen LogP contribution in [-0.2, 0) is 14.4 Å². The van der Waals surface area contributed by atoms with Gasteiger partial charge in [-0.2, -0.15) is 0 Å². The monoisotopic (exact) mass is 259 g/mol. The Morgan fingerprint density at radius 3 is 2.27 bits per heavy atom. The summed E-state index contributed by atoms with van der Waals surface area (Å²) < 4.78 is 33.3. The van der Waals surface area contributed by atoms with E-state index in [4.69, 9.17) is 15.5 Å². The lowest BCUT2D eigenvalue weighted by Crippen LogP contribution is -2.24. The van der Waals surface area contributed by atoms with Gasteiger partial charge in [0.1, 0.15) is 15.6 Å². The molecule has 0 aromatic heterocycles. The molecule has 0 bridgehead atoms. The molecule has 0 heterocycles. The predicted octanol–water partition coefficient (Wildman–Crippen LogP) is 0.0539. The third-order valence-electron chi connectivity index (χ3n) is 1.97. The second-order valence-corrected chi connectivity index (χ2v) is 7.60. The third-order valence-corrected chi connectivity index (χ3v) is 4.86. The van der Waals surface area contributed by atoms with Gasteiger partial charge in [-0.05, 0) is 12.8 Å². The maximum atomic E-state index is 11.3.